The lowest BCUT2D eigenvalue weighted by Gasteiger charge is -2.15. The average Bonchev–Trinajstić information content (AvgIpc) is 3.04. The first-order chi connectivity index (χ1) is 14.2. The fourth-order valence-electron chi connectivity index (χ4n) is 3.16. The van der Waals surface area contributed by atoms with Gasteiger partial charge in [-0.3, -0.25) is 14.7 Å². The van der Waals surface area contributed by atoms with E-state index in [1.54, 1.807) is 4.90 Å². The van der Waals surface area contributed by atoms with Gasteiger partial charge in [-0.25, -0.2) is 0 Å². The molecule has 3 aromatic rings. The second kappa shape index (κ2) is 8.93. The van der Waals surface area contributed by atoms with Gasteiger partial charge < -0.3 is 0 Å². The second-order valence-electron chi connectivity index (χ2n) is 6.93. The second-order valence-corrected chi connectivity index (χ2v) is 7.94. The summed E-state index contributed by atoms with van der Waals surface area (Å²) in [5.41, 5.74) is 4.43. The molecule has 0 spiro atoms. The van der Waals surface area contributed by atoms with E-state index in [0.717, 1.165) is 27.4 Å². The van der Waals surface area contributed by atoms with Crippen molar-refractivity contribution in [3.05, 3.63) is 112 Å². The van der Waals surface area contributed by atoms with Crippen molar-refractivity contribution in [2.75, 3.05) is 0 Å². The van der Waals surface area contributed by atoms with Crippen LogP contribution in [0.25, 0.3) is 6.08 Å². The van der Waals surface area contributed by atoms with Crippen LogP contribution in [-0.4, -0.2) is 16.0 Å². The zero-order valence-electron chi connectivity index (χ0n) is 16.3. The van der Waals surface area contributed by atoms with Crippen molar-refractivity contribution in [1.82, 2.24) is 4.90 Å². The van der Waals surface area contributed by atoms with Crippen LogP contribution in [-0.2, 0) is 17.9 Å². The van der Waals surface area contributed by atoms with Crippen LogP contribution in [0.15, 0.2) is 94.8 Å². The summed E-state index contributed by atoms with van der Waals surface area (Å²) < 4.78 is 0. The van der Waals surface area contributed by atoms with Crippen molar-refractivity contribution in [3.63, 3.8) is 0 Å². The Kier molecular flexibility index (Phi) is 5.92. The van der Waals surface area contributed by atoms with Crippen LogP contribution in [0.3, 0.4) is 0 Å². The number of aryl methyl sites for hydroxylation is 1. The van der Waals surface area contributed by atoms with Crippen LogP contribution in [0.2, 0.25) is 0 Å². The van der Waals surface area contributed by atoms with E-state index >= 15 is 0 Å². The topological polar surface area (TPSA) is 32.7 Å². The maximum Gasteiger partial charge on any atom is 0.267 e. The first-order valence-corrected chi connectivity index (χ1v) is 10.4. The maximum atomic E-state index is 13.2. The average molecular weight is 399 g/mol. The molecular weight excluding hydrogens is 376 g/mol. The molecule has 0 saturated carbocycles. The Hall–Kier alpha value is -3.11. The molecule has 1 amide bonds. The molecule has 0 N–H and O–H groups in total. The SMILES string of the molecule is Cc1ccccc1/C=C1\SC(=NCc2ccccc2)N(Cc2ccccc2)C1=O. The number of thioether (sulfide) groups is 1. The number of hydrogen-bond acceptors (Lipinski definition) is 3. The van der Waals surface area contributed by atoms with E-state index in [-0.39, 0.29) is 5.91 Å². The van der Waals surface area contributed by atoms with Gasteiger partial charge in [-0.05, 0) is 47.0 Å². The lowest BCUT2D eigenvalue weighted by molar-refractivity contribution is -0.122. The molecular formula is C25H22N2OS. The van der Waals surface area contributed by atoms with Crippen molar-refractivity contribution in [3.8, 4) is 0 Å². The minimum Gasteiger partial charge on any atom is -0.282 e. The van der Waals surface area contributed by atoms with Gasteiger partial charge >= 0.3 is 0 Å². The molecule has 29 heavy (non-hydrogen) atoms. The van der Waals surface area contributed by atoms with E-state index < -0.39 is 0 Å². The quantitative estimate of drug-likeness (QED) is 0.519. The van der Waals surface area contributed by atoms with Crippen LogP contribution in [0, 0.1) is 6.92 Å². The van der Waals surface area contributed by atoms with E-state index in [1.807, 2.05) is 72.8 Å². The summed E-state index contributed by atoms with van der Waals surface area (Å²) in [6, 6.07) is 28.3. The Balaban J connectivity index is 1.65. The van der Waals surface area contributed by atoms with E-state index in [1.165, 1.54) is 11.8 Å². The highest BCUT2D eigenvalue weighted by Crippen LogP contribution is 2.34. The van der Waals surface area contributed by atoms with Crippen LogP contribution in [0.5, 0.6) is 0 Å². The van der Waals surface area contributed by atoms with Gasteiger partial charge in [0.1, 0.15) is 0 Å². The molecule has 0 unspecified atom stereocenters. The number of nitrogens with zero attached hydrogens (tertiary/aromatic N) is 2. The van der Waals surface area contributed by atoms with Gasteiger partial charge in [0.05, 0.1) is 18.0 Å². The summed E-state index contributed by atoms with van der Waals surface area (Å²) in [5, 5.41) is 0.752. The Morgan fingerprint density at radius 2 is 1.48 bits per heavy atom. The Morgan fingerprint density at radius 1 is 0.862 bits per heavy atom. The van der Waals surface area contributed by atoms with Gasteiger partial charge in [-0.2, -0.15) is 0 Å². The Morgan fingerprint density at radius 3 is 2.17 bits per heavy atom. The van der Waals surface area contributed by atoms with Crippen molar-refractivity contribution in [1.29, 1.82) is 0 Å². The smallest absolute Gasteiger partial charge is 0.267 e. The number of hydrogen-bond donors (Lipinski definition) is 0. The maximum absolute atomic E-state index is 13.2. The number of rotatable bonds is 5. The summed E-state index contributed by atoms with van der Waals surface area (Å²) in [4.78, 5) is 20.5. The van der Waals surface area contributed by atoms with Crippen LogP contribution in [0.4, 0.5) is 0 Å². The molecule has 144 valence electrons. The van der Waals surface area contributed by atoms with Crippen LogP contribution < -0.4 is 0 Å². The van der Waals surface area contributed by atoms with Crippen molar-refractivity contribution >= 4 is 28.9 Å². The van der Waals surface area contributed by atoms with Gasteiger partial charge in [-0.15, -0.1) is 0 Å². The van der Waals surface area contributed by atoms with E-state index in [4.69, 9.17) is 4.99 Å². The number of amides is 1. The molecule has 3 nitrogen and oxygen atoms in total. The largest absolute Gasteiger partial charge is 0.282 e. The minimum atomic E-state index is 0.00826. The molecule has 0 aliphatic carbocycles. The Bertz CT molecular complexity index is 1060. The highest BCUT2D eigenvalue weighted by molar-refractivity contribution is 8.18. The molecule has 1 saturated heterocycles. The molecule has 0 radical (unpaired) electrons. The van der Waals surface area contributed by atoms with E-state index in [2.05, 4.69) is 25.1 Å². The van der Waals surface area contributed by atoms with Gasteiger partial charge in [0.15, 0.2) is 5.17 Å². The monoisotopic (exact) mass is 398 g/mol. The summed E-state index contributed by atoms with van der Waals surface area (Å²) in [6.45, 7) is 3.13. The van der Waals surface area contributed by atoms with Gasteiger partial charge in [0.25, 0.3) is 5.91 Å². The predicted octanol–water partition coefficient (Wildman–Crippen LogP) is 5.67. The highest BCUT2D eigenvalue weighted by atomic mass is 32.2. The van der Waals surface area contributed by atoms with Gasteiger partial charge in [0, 0.05) is 0 Å². The predicted molar refractivity (Wildman–Crippen MR) is 121 cm³/mol. The third-order valence-corrected chi connectivity index (χ3v) is 5.83. The summed E-state index contributed by atoms with van der Waals surface area (Å²) in [7, 11) is 0. The molecule has 4 rings (SSSR count). The summed E-state index contributed by atoms with van der Waals surface area (Å²) >= 11 is 1.46. The number of benzene rings is 3. The highest BCUT2D eigenvalue weighted by Gasteiger charge is 2.33. The van der Waals surface area contributed by atoms with Crippen molar-refractivity contribution < 1.29 is 4.79 Å². The van der Waals surface area contributed by atoms with Crippen LogP contribution in [0.1, 0.15) is 22.3 Å². The van der Waals surface area contributed by atoms with E-state index in [0.29, 0.717) is 18.0 Å². The standard InChI is InChI=1S/C25H22N2OS/c1-19-10-8-9-15-22(19)16-23-24(28)27(18-21-13-6-3-7-14-21)25(29-23)26-17-20-11-4-2-5-12-20/h2-16H,17-18H2,1H3/b23-16-,26-25?. The summed E-state index contributed by atoms with van der Waals surface area (Å²) in [6.07, 6.45) is 1.98. The molecule has 0 aromatic heterocycles. The molecule has 0 bridgehead atoms. The number of aliphatic imine (C=N–C) groups is 1. The molecule has 4 heteroatoms. The molecule has 1 aliphatic heterocycles. The molecule has 0 atom stereocenters. The number of carbonyl (C=O) groups is 1. The lowest BCUT2D eigenvalue weighted by Crippen LogP contribution is -2.28. The molecule has 1 heterocycles. The number of carbonyl (C=O) groups excluding carboxylic acids is 1. The van der Waals surface area contributed by atoms with Crippen molar-refractivity contribution in [2.24, 2.45) is 4.99 Å². The minimum absolute atomic E-state index is 0.00826. The first kappa shape index (κ1) is 19.2. The molecule has 1 aliphatic rings. The van der Waals surface area contributed by atoms with Gasteiger partial charge in [0.2, 0.25) is 0 Å². The molecule has 1 fully saturated rings. The number of amidine groups is 1. The fourth-order valence-corrected chi connectivity index (χ4v) is 4.13. The van der Waals surface area contributed by atoms with Crippen LogP contribution >= 0.6 is 11.8 Å². The van der Waals surface area contributed by atoms with Crippen molar-refractivity contribution in [2.45, 2.75) is 20.0 Å². The third-order valence-electron chi connectivity index (χ3n) is 4.79. The lowest BCUT2D eigenvalue weighted by atomic mass is 10.1. The Labute approximate surface area is 175 Å². The summed E-state index contributed by atoms with van der Waals surface area (Å²) in [5.74, 6) is 0.00826. The first-order valence-electron chi connectivity index (χ1n) is 9.60. The fraction of sp³-hybridized carbons (Fsp3) is 0.120. The third kappa shape index (κ3) is 4.66. The van der Waals surface area contributed by atoms with E-state index in [9.17, 15) is 4.79 Å². The molecule has 3 aromatic carbocycles. The normalized spacial score (nSPS) is 16.7. The zero-order chi connectivity index (χ0) is 20.1. The zero-order valence-corrected chi connectivity index (χ0v) is 17.1. The van der Waals surface area contributed by atoms with Gasteiger partial charge in [-0.1, -0.05) is 84.9 Å².